The average Bonchev–Trinajstić information content (AvgIpc) is 3.23. The first kappa shape index (κ1) is 15.4. The third-order valence-corrected chi connectivity index (χ3v) is 5.34. The summed E-state index contributed by atoms with van der Waals surface area (Å²) < 4.78 is 7.22. The molecule has 1 aliphatic carbocycles. The molecule has 1 fully saturated rings. The maximum atomic E-state index is 12.6. The van der Waals surface area contributed by atoms with Crippen molar-refractivity contribution in [3.63, 3.8) is 0 Å². The van der Waals surface area contributed by atoms with Crippen molar-refractivity contribution in [3.05, 3.63) is 63.8 Å². The number of carbonyl (C=O) groups excluding carboxylic acids is 1. The minimum atomic E-state index is -0.0910. The first-order valence-electron chi connectivity index (χ1n) is 9.05. The summed E-state index contributed by atoms with van der Waals surface area (Å²) in [6, 6.07) is 11.1. The van der Waals surface area contributed by atoms with Gasteiger partial charge in [-0.25, -0.2) is 4.68 Å². The average molecular weight is 349 g/mol. The van der Waals surface area contributed by atoms with Crippen LogP contribution in [0.4, 0.5) is 0 Å². The van der Waals surface area contributed by atoms with Crippen molar-refractivity contribution < 1.29 is 9.21 Å². The largest absolute Gasteiger partial charge is 0.451 e. The van der Waals surface area contributed by atoms with Crippen LogP contribution in [0.3, 0.4) is 0 Å². The second kappa shape index (κ2) is 5.83. The van der Waals surface area contributed by atoms with Crippen LogP contribution in [0, 0.1) is 5.92 Å². The van der Waals surface area contributed by atoms with Crippen molar-refractivity contribution in [3.8, 4) is 0 Å². The summed E-state index contributed by atoms with van der Waals surface area (Å²) in [5, 5.41) is 5.45. The van der Waals surface area contributed by atoms with E-state index in [0.717, 1.165) is 41.5 Å². The summed E-state index contributed by atoms with van der Waals surface area (Å²) >= 11 is 0. The van der Waals surface area contributed by atoms with Crippen LogP contribution in [-0.4, -0.2) is 33.7 Å². The lowest BCUT2D eigenvalue weighted by Crippen LogP contribution is -2.52. The number of nitrogens with zero attached hydrogens (tertiary/aromatic N) is 3. The van der Waals surface area contributed by atoms with E-state index in [-0.39, 0.29) is 17.4 Å². The molecule has 0 saturated carbocycles. The fourth-order valence-electron chi connectivity index (χ4n) is 3.91. The minimum absolute atomic E-state index is 0.0345. The molecule has 6 heteroatoms. The fraction of sp³-hybridized carbons (Fsp3) is 0.350. The van der Waals surface area contributed by atoms with Gasteiger partial charge in [0.15, 0.2) is 5.76 Å². The molecule has 1 amide bonds. The second-order valence-corrected chi connectivity index (χ2v) is 7.21. The summed E-state index contributed by atoms with van der Waals surface area (Å²) in [5.41, 5.74) is 2.84. The van der Waals surface area contributed by atoms with Gasteiger partial charge in [0.1, 0.15) is 5.58 Å². The number of hydrogen-bond acceptors (Lipinski definition) is 4. The molecule has 26 heavy (non-hydrogen) atoms. The highest BCUT2D eigenvalue weighted by molar-refractivity contribution is 5.96. The quantitative estimate of drug-likeness (QED) is 0.727. The van der Waals surface area contributed by atoms with Crippen LogP contribution in [0.25, 0.3) is 11.0 Å². The Balaban J connectivity index is 1.26. The monoisotopic (exact) mass is 349 g/mol. The summed E-state index contributed by atoms with van der Waals surface area (Å²) in [6.45, 7) is 1.82. The van der Waals surface area contributed by atoms with Gasteiger partial charge in [0.05, 0.1) is 12.2 Å². The SMILES string of the molecule is O=C(c1cc2ccccc2o1)N1CC(Cn2nc3c(cc2=O)CCC3)C1. The summed E-state index contributed by atoms with van der Waals surface area (Å²) in [5.74, 6) is 0.539. The van der Waals surface area contributed by atoms with Crippen molar-refractivity contribution in [1.82, 2.24) is 14.7 Å². The number of fused-ring (bicyclic) bond motifs is 2. The molecule has 5 rings (SSSR count). The molecule has 1 aliphatic heterocycles. The van der Waals surface area contributed by atoms with E-state index in [2.05, 4.69) is 5.10 Å². The van der Waals surface area contributed by atoms with E-state index in [9.17, 15) is 9.59 Å². The zero-order chi connectivity index (χ0) is 17.7. The van der Waals surface area contributed by atoms with Crippen molar-refractivity contribution >= 4 is 16.9 Å². The number of amides is 1. The molecule has 2 aliphatic rings. The van der Waals surface area contributed by atoms with Gasteiger partial charge in [0.25, 0.3) is 11.5 Å². The first-order chi connectivity index (χ1) is 12.7. The maximum Gasteiger partial charge on any atom is 0.289 e. The van der Waals surface area contributed by atoms with Crippen molar-refractivity contribution in [2.24, 2.45) is 5.92 Å². The number of furan rings is 1. The van der Waals surface area contributed by atoms with Crippen LogP contribution in [-0.2, 0) is 19.4 Å². The third kappa shape index (κ3) is 2.53. The van der Waals surface area contributed by atoms with Crippen molar-refractivity contribution in [2.75, 3.05) is 13.1 Å². The van der Waals surface area contributed by atoms with Gasteiger partial charge in [-0.1, -0.05) is 18.2 Å². The summed E-state index contributed by atoms with van der Waals surface area (Å²) in [4.78, 5) is 26.5. The Bertz CT molecular complexity index is 1030. The maximum absolute atomic E-state index is 12.6. The molecule has 0 unspecified atom stereocenters. The Morgan fingerprint density at radius 2 is 2.04 bits per heavy atom. The molecule has 3 aromatic rings. The lowest BCUT2D eigenvalue weighted by Gasteiger charge is -2.38. The number of aromatic nitrogens is 2. The highest BCUT2D eigenvalue weighted by Gasteiger charge is 2.33. The molecule has 0 atom stereocenters. The second-order valence-electron chi connectivity index (χ2n) is 7.21. The predicted molar refractivity (Wildman–Crippen MR) is 96.1 cm³/mol. The summed E-state index contributed by atoms with van der Waals surface area (Å²) in [6.07, 6.45) is 2.99. The zero-order valence-electron chi connectivity index (χ0n) is 14.4. The third-order valence-electron chi connectivity index (χ3n) is 5.34. The molecule has 1 aromatic carbocycles. The van der Waals surface area contributed by atoms with E-state index in [1.807, 2.05) is 24.3 Å². The smallest absolute Gasteiger partial charge is 0.289 e. The van der Waals surface area contributed by atoms with Crippen molar-refractivity contribution in [2.45, 2.75) is 25.8 Å². The molecule has 0 bridgehead atoms. The van der Waals surface area contributed by atoms with E-state index in [1.165, 1.54) is 0 Å². The Morgan fingerprint density at radius 3 is 2.88 bits per heavy atom. The van der Waals surface area contributed by atoms with Gasteiger partial charge in [0.2, 0.25) is 0 Å². The van der Waals surface area contributed by atoms with Gasteiger partial charge >= 0.3 is 0 Å². The van der Waals surface area contributed by atoms with E-state index < -0.39 is 0 Å². The molecule has 1 saturated heterocycles. The summed E-state index contributed by atoms with van der Waals surface area (Å²) in [7, 11) is 0. The Labute approximate surface area is 150 Å². The molecular formula is C20H19N3O3. The molecule has 3 heterocycles. The predicted octanol–water partition coefficient (Wildman–Crippen LogP) is 2.25. The van der Waals surface area contributed by atoms with Crippen LogP contribution < -0.4 is 5.56 Å². The fourth-order valence-corrected chi connectivity index (χ4v) is 3.91. The standard InChI is InChI=1S/C20H19N3O3/c24-19-9-14-5-3-6-16(14)21-23(19)12-13-10-22(11-13)20(25)18-8-15-4-1-2-7-17(15)26-18/h1-2,4,7-9,13H,3,5-6,10-12H2. The highest BCUT2D eigenvalue weighted by atomic mass is 16.3. The lowest BCUT2D eigenvalue weighted by atomic mass is 10.00. The normalized spacial score (nSPS) is 16.7. The molecule has 6 nitrogen and oxygen atoms in total. The number of para-hydroxylation sites is 1. The van der Waals surface area contributed by atoms with E-state index in [4.69, 9.17) is 4.42 Å². The highest BCUT2D eigenvalue weighted by Crippen LogP contribution is 2.24. The van der Waals surface area contributed by atoms with Crippen LogP contribution in [0.15, 0.2) is 45.6 Å². The number of hydrogen-bond donors (Lipinski definition) is 0. The Morgan fingerprint density at radius 1 is 1.19 bits per heavy atom. The Hall–Kier alpha value is -2.89. The van der Waals surface area contributed by atoms with Crippen LogP contribution >= 0.6 is 0 Å². The molecule has 132 valence electrons. The number of carbonyl (C=O) groups is 1. The van der Waals surface area contributed by atoms with Gasteiger partial charge in [0, 0.05) is 30.5 Å². The van der Waals surface area contributed by atoms with Crippen LogP contribution in [0.1, 0.15) is 28.2 Å². The molecule has 0 spiro atoms. The van der Waals surface area contributed by atoms with E-state index in [0.29, 0.717) is 25.4 Å². The number of rotatable bonds is 3. The van der Waals surface area contributed by atoms with Gasteiger partial charge in [-0.3, -0.25) is 9.59 Å². The topological polar surface area (TPSA) is 68.3 Å². The Kier molecular flexibility index (Phi) is 3.45. The number of aryl methyl sites for hydroxylation is 2. The molecule has 0 N–H and O–H groups in total. The van der Waals surface area contributed by atoms with Crippen LogP contribution in [0.5, 0.6) is 0 Å². The van der Waals surface area contributed by atoms with Crippen molar-refractivity contribution in [1.29, 1.82) is 0 Å². The number of likely N-dealkylation sites (tertiary alicyclic amines) is 1. The van der Waals surface area contributed by atoms with Gasteiger partial charge in [-0.05, 0) is 37.0 Å². The van der Waals surface area contributed by atoms with Gasteiger partial charge in [-0.15, -0.1) is 0 Å². The first-order valence-corrected chi connectivity index (χ1v) is 9.05. The van der Waals surface area contributed by atoms with E-state index >= 15 is 0 Å². The lowest BCUT2D eigenvalue weighted by molar-refractivity contribution is 0.0429. The number of benzene rings is 1. The minimum Gasteiger partial charge on any atom is -0.451 e. The molecule has 2 aromatic heterocycles. The molecular weight excluding hydrogens is 330 g/mol. The zero-order valence-corrected chi connectivity index (χ0v) is 14.4. The molecule has 0 radical (unpaired) electrons. The van der Waals surface area contributed by atoms with Crippen LogP contribution in [0.2, 0.25) is 0 Å². The van der Waals surface area contributed by atoms with E-state index in [1.54, 1.807) is 21.7 Å². The van der Waals surface area contributed by atoms with Gasteiger partial charge < -0.3 is 9.32 Å². The van der Waals surface area contributed by atoms with Gasteiger partial charge in [-0.2, -0.15) is 5.10 Å².